The molecule has 0 bridgehead atoms. The van der Waals surface area contributed by atoms with Gasteiger partial charge in [-0.1, -0.05) is 13.0 Å². The van der Waals surface area contributed by atoms with Crippen molar-refractivity contribution in [3.05, 3.63) is 41.6 Å². The summed E-state index contributed by atoms with van der Waals surface area (Å²) in [6.07, 6.45) is -0.342. The van der Waals surface area contributed by atoms with Crippen LogP contribution >= 0.6 is 0 Å². The van der Waals surface area contributed by atoms with Crippen LogP contribution in [-0.2, 0) is 11.0 Å². The molecule has 1 aliphatic rings. The van der Waals surface area contributed by atoms with Crippen LogP contribution in [0, 0.1) is 5.92 Å². The summed E-state index contributed by atoms with van der Waals surface area (Å²) >= 11 is 0. The SMILES string of the molecule is C[C@@H]1CCC/C(=C/Nc2cccc(C(F)(F)F)c2)C1=O. The zero-order chi connectivity index (χ0) is 14.8. The van der Waals surface area contributed by atoms with Gasteiger partial charge in [0.25, 0.3) is 0 Å². The van der Waals surface area contributed by atoms with Crippen LogP contribution in [0.2, 0.25) is 0 Å². The first-order valence-electron chi connectivity index (χ1n) is 6.55. The molecule has 2 rings (SSSR count). The van der Waals surface area contributed by atoms with Crippen molar-refractivity contribution in [3.8, 4) is 0 Å². The number of benzene rings is 1. The maximum atomic E-state index is 12.6. The lowest BCUT2D eigenvalue weighted by atomic mass is 9.86. The van der Waals surface area contributed by atoms with Gasteiger partial charge >= 0.3 is 6.18 Å². The predicted octanol–water partition coefficient (Wildman–Crippen LogP) is 4.39. The third kappa shape index (κ3) is 3.40. The Morgan fingerprint density at radius 3 is 2.80 bits per heavy atom. The summed E-state index contributed by atoms with van der Waals surface area (Å²) in [6, 6.07) is 4.94. The summed E-state index contributed by atoms with van der Waals surface area (Å²) < 4.78 is 37.7. The summed E-state index contributed by atoms with van der Waals surface area (Å²) in [4.78, 5) is 11.9. The second kappa shape index (κ2) is 5.69. The lowest BCUT2D eigenvalue weighted by Gasteiger charge is -2.19. The highest BCUT2D eigenvalue weighted by Crippen LogP contribution is 2.31. The Kier molecular flexibility index (Phi) is 4.16. The number of hydrogen-bond acceptors (Lipinski definition) is 2. The predicted molar refractivity (Wildman–Crippen MR) is 71.2 cm³/mol. The van der Waals surface area contributed by atoms with E-state index >= 15 is 0 Å². The second-order valence-corrected chi connectivity index (χ2v) is 5.05. The minimum atomic E-state index is -4.36. The van der Waals surface area contributed by atoms with E-state index in [-0.39, 0.29) is 11.7 Å². The molecule has 1 aromatic rings. The molecule has 1 fully saturated rings. The molecule has 20 heavy (non-hydrogen) atoms. The highest BCUT2D eigenvalue weighted by atomic mass is 19.4. The number of anilines is 1. The molecule has 0 amide bonds. The molecule has 0 aromatic heterocycles. The van der Waals surface area contributed by atoms with Crippen LogP contribution in [0.4, 0.5) is 18.9 Å². The first-order chi connectivity index (χ1) is 9.38. The van der Waals surface area contributed by atoms with Crippen molar-refractivity contribution < 1.29 is 18.0 Å². The van der Waals surface area contributed by atoms with Gasteiger partial charge in [-0.3, -0.25) is 4.79 Å². The molecule has 0 saturated heterocycles. The molecule has 2 nitrogen and oxygen atoms in total. The standard InChI is InChI=1S/C15H16F3NO/c1-10-4-2-5-11(14(10)20)9-19-13-7-3-6-12(8-13)15(16,17)18/h3,6-10,19H,2,4-5H2,1H3/b11-9-/t10-/m1/s1. The van der Waals surface area contributed by atoms with Crippen LogP contribution in [0.1, 0.15) is 31.7 Å². The summed E-state index contributed by atoms with van der Waals surface area (Å²) in [5, 5.41) is 2.79. The first kappa shape index (κ1) is 14.6. The zero-order valence-corrected chi connectivity index (χ0v) is 11.1. The number of hydrogen-bond donors (Lipinski definition) is 1. The maximum Gasteiger partial charge on any atom is 0.416 e. The minimum Gasteiger partial charge on any atom is -0.361 e. The number of allylic oxidation sites excluding steroid dienone is 1. The van der Waals surface area contributed by atoms with E-state index in [0.717, 1.165) is 25.0 Å². The molecule has 1 aromatic carbocycles. The van der Waals surface area contributed by atoms with Crippen molar-refractivity contribution in [2.24, 2.45) is 5.92 Å². The van der Waals surface area contributed by atoms with E-state index in [2.05, 4.69) is 5.32 Å². The van der Waals surface area contributed by atoms with Gasteiger partial charge in [-0.2, -0.15) is 13.2 Å². The van der Waals surface area contributed by atoms with Crippen LogP contribution < -0.4 is 5.32 Å². The number of ketones is 1. The van der Waals surface area contributed by atoms with E-state index in [9.17, 15) is 18.0 Å². The molecule has 1 aliphatic carbocycles. The van der Waals surface area contributed by atoms with Crippen LogP contribution in [0.5, 0.6) is 0 Å². The molecular weight excluding hydrogens is 267 g/mol. The third-order valence-corrected chi connectivity index (χ3v) is 3.45. The monoisotopic (exact) mass is 283 g/mol. The van der Waals surface area contributed by atoms with E-state index < -0.39 is 11.7 Å². The Balaban J connectivity index is 2.13. The molecule has 5 heteroatoms. The molecule has 1 atom stereocenters. The lowest BCUT2D eigenvalue weighted by molar-refractivity contribution is -0.137. The summed E-state index contributed by atoms with van der Waals surface area (Å²) in [5.74, 6) is 0.0778. The molecule has 0 spiro atoms. The van der Waals surface area contributed by atoms with Crippen molar-refractivity contribution in [1.82, 2.24) is 0 Å². The molecular formula is C15H16F3NO. The van der Waals surface area contributed by atoms with E-state index in [4.69, 9.17) is 0 Å². The fourth-order valence-electron chi connectivity index (χ4n) is 2.27. The number of nitrogens with one attached hydrogen (secondary N) is 1. The van der Waals surface area contributed by atoms with E-state index in [1.165, 1.54) is 12.3 Å². The Bertz CT molecular complexity index is 534. The molecule has 1 saturated carbocycles. The minimum absolute atomic E-state index is 0.00157. The number of halogens is 3. The van der Waals surface area contributed by atoms with E-state index in [1.54, 1.807) is 6.07 Å². The van der Waals surface area contributed by atoms with Gasteiger partial charge in [-0.15, -0.1) is 0 Å². The fourth-order valence-corrected chi connectivity index (χ4v) is 2.27. The summed E-state index contributed by atoms with van der Waals surface area (Å²) in [7, 11) is 0. The zero-order valence-electron chi connectivity index (χ0n) is 11.1. The van der Waals surface area contributed by atoms with Crippen molar-refractivity contribution in [2.45, 2.75) is 32.4 Å². The van der Waals surface area contributed by atoms with Gasteiger partial charge in [-0.05, 0) is 37.5 Å². The van der Waals surface area contributed by atoms with Crippen LogP contribution in [0.25, 0.3) is 0 Å². The van der Waals surface area contributed by atoms with Gasteiger partial charge in [0.1, 0.15) is 0 Å². The lowest BCUT2D eigenvalue weighted by Crippen LogP contribution is -2.19. The number of Topliss-reactive ketones (excluding diaryl/α,β-unsaturated/α-hetero) is 1. The number of rotatable bonds is 2. The smallest absolute Gasteiger partial charge is 0.361 e. The molecule has 0 heterocycles. The average Bonchev–Trinajstić information content (AvgIpc) is 2.40. The normalized spacial score (nSPS) is 22.1. The van der Waals surface area contributed by atoms with Crippen molar-refractivity contribution in [3.63, 3.8) is 0 Å². The molecule has 0 aliphatic heterocycles. The Morgan fingerprint density at radius 2 is 2.10 bits per heavy atom. The van der Waals surface area contributed by atoms with E-state index in [0.29, 0.717) is 17.7 Å². The fraction of sp³-hybridized carbons (Fsp3) is 0.400. The van der Waals surface area contributed by atoms with Crippen molar-refractivity contribution in [2.75, 3.05) is 5.32 Å². The van der Waals surface area contributed by atoms with Crippen molar-refractivity contribution in [1.29, 1.82) is 0 Å². The van der Waals surface area contributed by atoms with Gasteiger partial charge in [0, 0.05) is 23.4 Å². The second-order valence-electron chi connectivity index (χ2n) is 5.05. The van der Waals surface area contributed by atoms with Crippen molar-refractivity contribution >= 4 is 11.5 Å². The van der Waals surface area contributed by atoms with Crippen LogP contribution in [0.15, 0.2) is 36.0 Å². The summed E-state index contributed by atoms with van der Waals surface area (Å²) in [5.41, 5.74) is 0.281. The Labute approximate surface area is 115 Å². The highest BCUT2D eigenvalue weighted by molar-refractivity contribution is 5.97. The Morgan fingerprint density at radius 1 is 1.35 bits per heavy atom. The van der Waals surface area contributed by atoms with Crippen LogP contribution in [-0.4, -0.2) is 5.78 Å². The van der Waals surface area contributed by atoms with Gasteiger partial charge < -0.3 is 5.32 Å². The Hall–Kier alpha value is -1.78. The van der Waals surface area contributed by atoms with Gasteiger partial charge in [-0.25, -0.2) is 0 Å². The van der Waals surface area contributed by atoms with Gasteiger partial charge in [0.15, 0.2) is 5.78 Å². The largest absolute Gasteiger partial charge is 0.416 e. The quantitative estimate of drug-likeness (QED) is 0.815. The number of carbonyl (C=O) groups excluding carboxylic acids is 1. The maximum absolute atomic E-state index is 12.6. The number of alkyl halides is 3. The van der Waals surface area contributed by atoms with Gasteiger partial charge in [0.2, 0.25) is 0 Å². The first-order valence-corrected chi connectivity index (χ1v) is 6.55. The van der Waals surface area contributed by atoms with E-state index in [1.807, 2.05) is 6.92 Å². The highest BCUT2D eigenvalue weighted by Gasteiger charge is 2.30. The molecule has 1 N–H and O–H groups in total. The average molecular weight is 283 g/mol. The van der Waals surface area contributed by atoms with Crippen LogP contribution in [0.3, 0.4) is 0 Å². The topological polar surface area (TPSA) is 29.1 Å². The molecule has 0 unspecified atom stereocenters. The summed E-state index contributed by atoms with van der Waals surface area (Å²) in [6.45, 7) is 1.87. The van der Waals surface area contributed by atoms with Gasteiger partial charge in [0.05, 0.1) is 5.56 Å². The molecule has 108 valence electrons. The molecule has 0 radical (unpaired) electrons. The number of carbonyl (C=O) groups is 1. The third-order valence-electron chi connectivity index (χ3n) is 3.45.